The van der Waals surface area contributed by atoms with Crippen molar-refractivity contribution >= 4 is 11.8 Å². The van der Waals surface area contributed by atoms with Crippen molar-refractivity contribution in [2.45, 2.75) is 33.3 Å². The quantitative estimate of drug-likeness (QED) is 0.396. The van der Waals surface area contributed by atoms with Crippen LogP contribution >= 0.6 is 0 Å². The van der Waals surface area contributed by atoms with Gasteiger partial charge in [-0.3, -0.25) is 9.59 Å². The molecule has 0 aliphatic rings. The van der Waals surface area contributed by atoms with Crippen molar-refractivity contribution in [3.8, 4) is 0 Å². The van der Waals surface area contributed by atoms with Crippen molar-refractivity contribution in [1.82, 2.24) is 0 Å². The number of benzene rings is 1. The van der Waals surface area contributed by atoms with Crippen molar-refractivity contribution in [3.63, 3.8) is 0 Å². The van der Waals surface area contributed by atoms with Crippen molar-refractivity contribution < 1.29 is 19.1 Å². The largest absolute Gasteiger partial charge is 0.466 e. The summed E-state index contributed by atoms with van der Waals surface area (Å²) >= 11 is 0. The van der Waals surface area contributed by atoms with E-state index in [9.17, 15) is 9.59 Å². The van der Waals surface area contributed by atoms with E-state index >= 15 is 0 Å². The van der Waals surface area contributed by atoms with Crippen LogP contribution in [-0.4, -0.2) is 25.0 Å². The highest BCUT2D eigenvalue weighted by molar-refractivity contribution is 5.96. The summed E-state index contributed by atoms with van der Waals surface area (Å²) in [5.74, 6) is -0.725. The number of hydrogen-bond donors (Lipinski definition) is 0. The third-order valence-corrected chi connectivity index (χ3v) is 2.98. The van der Waals surface area contributed by atoms with Gasteiger partial charge in [0.2, 0.25) is 0 Å². The molecule has 0 saturated heterocycles. The van der Waals surface area contributed by atoms with Gasteiger partial charge in [0, 0.05) is 12.5 Å². The SMILES string of the molecule is CCOC(=O)CC(=O)C(C)CCOCc1ccccc1. The Labute approximate surface area is 120 Å². The van der Waals surface area contributed by atoms with Gasteiger partial charge in [0.25, 0.3) is 0 Å². The standard InChI is InChI=1S/C16H22O4/c1-3-20-16(18)11-15(17)13(2)9-10-19-12-14-7-5-4-6-8-14/h4-8,13H,3,9-12H2,1-2H3. The van der Waals surface area contributed by atoms with Crippen LogP contribution in [0.1, 0.15) is 32.3 Å². The van der Waals surface area contributed by atoms with Gasteiger partial charge in [-0.25, -0.2) is 0 Å². The number of ether oxygens (including phenoxy) is 2. The second-order valence-corrected chi connectivity index (χ2v) is 4.68. The Kier molecular flexibility index (Phi) is 7.58. The second kappa shape index (κ2) is 9.26. The molecule has 0 bridgehead atoms. The lowest BCUT2D eigenvalue weighted by atomic mass is 10.0. The fourth-order valence-electron chi connectivity index (χ4n) is 1.71. The average Bonchev–Trinajstić information content (AvgIpc) is 2.44. The van der Waals surface area contributed by atoms with Gasteiger partial charge in [-0.1, -0.05) is 37.3 Å². The molecule has 1 atom stereocenters. The molecule has 1 unspecified atom stereocenters. The first-order valence-electron chi connectivity index (χ1n) is 6.93. The van der Waals surface area contributed by atoms with Crippen LogP contribution in [0.15, 0.2) is 30.3 Å². The molecule has 0 aromatic heterocycles. The normalized spacial score (nSPS) is 11.9. The van der Waals surface area contributed by atoms with E-state index in [0.717, 1.165) is 5.56 Å². The van der Waals surface area contributed by atoms with Crippen LogP contribution in [0.4, 0.5) is 0 Å². The molecule has 0 aliphatic carbocycles. The first-order valence-corrected chi connectivity index (χ1v) is 6.93. The highest BCUT2D eigenvalue weighted by Crippen LogP contribution is 2.08. The Hall–Kier alpha value is -1.68. The molecular weight excluding hydrogens is 256 g/mol. The van der Waals surface area contributed by atoms with E-state index in [1.54, 1.807) is 6.92 Å². The number of hydrogen-bond acceptors (Lipinski definition) is 4. The van der Waals surface area contributed by atoms with Crippen LogP contribution in [-0.2, 0) is 25.7 Å². The van der Waals surface area contributed by atoms with Crippen molar-refractivity contribution in [2.24, 2.45) is 5.92 Å². The molecule has 20 heavy (non-hydrogen) atoms. The molecule has 1 rings (SSSR count). The molecule has 0 N–H and O–H groups in total. The van der Waals surface area contributed by atoms with Gasteiger partial charge in [-0.15, -0.1) is 0 Å². The van der Waals surface area contributed by atoms with Gasteiger partial charge in [-0.05, 0) is 18.9 Å². The summed E-state index contributed by atoms with van der Waals surface area (Å²) in [5.41, 5.74) is 1.11. The van der Waals surface area contributed by atoms with Crippen LogP contribution in [0, 0.1) is 5.92 Å². The monoisotopic (exact) mass is 278 g/mol. The molecule has 1 aromatic carbocycles. The van der Waals surface area contributed by atoms with Crippen molar-refractivity contribution in [2.75, 3.05) is 13.2 Å². The molecule has 0 fully saturated rings. The Bertz CT molecular complexity index is 414. The molecule has 110 valence electrons. The third-order valence-electron chi connectivity index (χ3n) is 2.98. The number of carbonyl (C=O) groups excluding carboxylic acids is 2. The highest BCUT2D eigenvalue weighted by atomic mass is 16.5. The van der Waals surface area contributed by atoms with Gasteiger partial charge >= 0.3 is 5.97 Å². The van der Waals surface area contributed by atoms with E-state index in [1.165, 1.54) is 0 Å². The Morgan fingerprint density at radius 2 is 1.90 bits per heavy atom. The zero-order valence-corrected chi connectivity index (χ0v) is 12.1. The van der Waals surface area contributed by atoms with Crippen molar-refractivity contribution in [1.29, 1.82) is 0 Å². The van der Waals surface area contributed by atoms with E-state index in [1.807, 2.05) is 37.3 Å². The summed E-state index contributed by atoms with van der Waals surface area (Å²) in [5, 5.41) is 0. The fourth-order valence-corrected chi connectivity index (χ4v) is 1.71. The Balaban J connectivity index is 2.17. The summed E-state index contributed by atoms with van der Waals surface area (Å²) in [6, 6.07) is 9.87. The molecule has 1 aromatic rings. The highest BCUT2D eigenvalue weighted by Gasteiger charge is 2.17. The maximum Gasteiger partial charge on any atom is 0.313 e. The Morgan fingerprint density at radius 3 is 2.55 bits per heavy atom. The number of esters is 1. The smallest absolute Gasteiger partial charge is 0.313 e. The molecule has 0 spiro atoms. The number of rotatable bonds is 9. The minimum absolute atomic E-state index is 0.0910. The lowest BCUT2D eigenvalue weighted by Gasteiger charge is -2.10. The van der Waals surface area contributed by atoms with Crippen LogP contribution in [0.25, 0.3) is 0 Å². The zero-order chi connectivity index (χ0) is 14.8. The fraction of sp³-hybridized carbons (Fsp3) is 0.500. The number of Topliss-reactive ketones (excluding diaryl/α,β-unsaturated/α-hetero) is 1. The minimum atomic E-state index is -0.449. The van der Waals surface area contributed by atoms with E-state index in [0.29, 0.717) is 26.2 Å². The number of ketones is 1. The first kappa shape index (κ1) is 16.4. The topological polar surface area (TPSA) is 52.6 Å². The summed E-state index contributed by atoms with van der Waals surface area (Å²) in [6.07, 6.45) is 0.471. The van der Waals surface area contributed by atoms with Gasteiger partial charge in [-0.2, -0.15) is 0 Å². The molecule has 0 radical (unpaired) electrons. The lowest BCUT2D eigenvalue weighted by molar-refractivity contribution is -0.146. The van der Waals surface area contributed by atoms with E-state index in [-0.39, 0.29) is 18.1 Å². The Morgan fingerprint density at radius 1 is 1.20 bits per heavy atom. The molecule has 4 nitrogen and oxygen atoms in total. The maximum atomic E-state index is 11.7. The molecule has 0 saturated carbocycles. The predicted octanol–water partition coefficient (Wildman–Crippen LogP) is 2.75. The van der Waals surface area contributed by atoms with E-state index in [2.05, 4.69) is 0 Å². The zero-order valence-electron chi connectivity index (χ0n) is 12.1. The van der Waals surface area contributed by atoms with Crippen LogP contribution < -0.4 is 0 Å². The van der Waals surface area contributed by atoms with E-state index in [4.69, 9.17) is 9.47 Å². The minimum Gasteiger partial charge on any atom is -0.466 e. The molecule has 0 amide bonds. The average molecular weight is 278 g/mol. The maximum absolute atomic E-state index is 11.7. The predicted molar refractivity (Wildman–Crippen MR) is 76.1 cm³/mol. The summed E-state index contributed by atoms with van der Waals surface area (Å²) in [4.78, 5) is 22.9. The van der Waals surface area contributed by atoms with E-state index < -0.39 is 5.97 Å². The number of carbonyl (C=O) groups is 2. The lowest BCUT2D eigenvalue weighted by Crippen LogP contribution is -2.18. The third kappa shape index (κ3) is 6.48. The van der Waals surface area contributed by atoms with Crippen LogP contribution in [0.2, 0.25) is 0 Å². The van der Waals surface area contributed by atoms with Gasteiger partial charge < -0.3 is 9.47 Å². The molecule has 0 heterocycles. The second-order valence-electron chi connectivity index (χ2n) is 4.68. The summed E-state index contributed by atoms with van der Waals surface area (Å²) in [7, 11) is 0. The van der Waals surface area contributed by atoms with Crippen molar-refractivity contribution in [3.05, 3.63) is 35.9 Å². The van der Waals surface area contributed by atoms with Crippen LogP contribution in [0.3, 0.4) is 0 Å². The summed E-state index contributed by atoms with van der Waals surface area (Å²) < 4.78 is 10.3. The molecule has 0 aliphatic heterocycles. The van der Waals surface area contributed by atoms with Gasteiger partial charge in [0.05, 0.1) is 13.2 Å². The molecular formula is C16H22O4. The summed E-state index contributed by atoms with van der Waals surface area (Å²) in [6.45, 7) is 4.89. The first-order chi connectivity index (χ1) is 9.63. The van der Waals surface area contributed by atoms with Crippen LogP contribution in [0.5, 0.6) is 0 Å². The molecule has 4 heteroatoms. The van der Waals surface area contributed by atoms with Gasteiger partial charge in [0.15, 0.2) is 0 Å². The van der Waals surface area contributed by atoms with Gasteiger partial charge in [0.1, 0.15) is 12.2 Å².